The molecule has 9 atom stereocenters. The van der Waals surface area contributed by atoms with Gasteiger partial charge in [-0.25, -0.2) is 4.79 Å². The number of aliphatic carboxylic acids is 1. The maximum absolute atomic E-state index is 14.4. The molecule has 0 bridgehead atoms. The molecule has 0 spiro atoms. The largest absolute Gasteiger partial charge is 0.508 e. The number of aliphatic hydroxyl groups excluding tert-OH is 4. The molecule has 0 radical (unpaired) electrons. The molecule has 2 fully saturated rings. The summed E-state index contributed by atoms with van der Waals surface area (Å²) in [4.78, 5) is 37.7. The molecule has 308 valence electrons. The number of anilines is 1. The third kappa shape index (κ3) is 7.36. The van der Waals surface area contributed by atoms with Crippen LogP contribution in [0.1, 0.15) is 67.2 Å². The summed E-state index contributed by atoms with van der Waals surface area (Å²) in [6.45, 7) is 1.40. The summed E-state index contributed by atoms with van der Waals surface area (Å²) in [5, 5.41) is 85.3. The van der Waals surface area contributed by atoms with Crippen LogP contribution in [0.3, 0.4) is 0 Å². The van der Waals surface area contributed by atoms with Crippen molar-refractivity contribution < 1.29 is 59.9 Å². The first-order chi connectivity index (χ1) is 27.7. The Bertz CT molecular complexity index is 2140. The van der Waals surface area contributed by atoms with Crippen LogP contribution >= 0.6 is 0 Å². The molecule has 1 saturated heterocycles. The second-order valence-electron chi connectivity index (χ2n) is 15.3. The van der Waals surface area contributed by atoms with Crippen LogP contribution in [-0.2, 0) is 26.2 Å². The number of aliphatic hydroxyl groups is 5. The molecule has 1 amide bonds. The van der Waals surface area contributed by atoms with Gasteiger partial charge in [-0.15, -0.1) is 0 Å². The topological polar surface area (TPSA) is 268 Å². The molecule has 58 heavy (non-hydrogen) atoms. The molecule has 0 aromatic heterocycles. The number of phenolic OH excluding ortho intramolecular Hbond substituents is 2. The Labute approximate surface area is 333 Å². The zero-order valence-corrected chi connectivity index (χ0v) is 31.8. The van der Waals surface area contributed by atoms with E-state index in [-0.39, 0.29) is 29.5 Å². The molecule has 3 heterocycles. The number of phenols is 2. The third-order valence-electron chi connectivity index (χ3n) is 12.0. The van der Waals surface area contributed by atoms with Gasteiger partial charge in [-0.1, -0.05) is 49.7 Å². The molecule has 10 N–H and O–H groups in total. The van der Waals surface area contributed by atoms with E-state index >= 15 is 0 Å². The Morgan fingerprint density at radius 1 is 1.02 bits per heavy atom. The summed E-state index contributed by atoms with van der Waals surface area (Å²) in [5.74, 6) is -7.32. The number of amides is 1. The number of benzene rings is 3. The first-order valence-electron chi connectivity index (χ1n) is 19.3. The number of ether oxygens (including phenoxy) is 2. The summed E-state index contributed by atoms with van der Waals surface area (Å²) >= 11 is 0. The monoisotopic (exact) mass is 800 g/mol. The van der Waals surface area contributed by atoms with Gasteiger partial charge >= 0.3 is 11.9 Å². The van der Waals surface area contributed by atoms with E-state index in [4.69, 9.17) is 15.2 Å². The number of hydrogen-bond acceptors (Lipinski definition) is 14. The number of carbonyl (C=O) groups excluding carboxylic acids is 1. The van der Waals surface area contributed by atoms with E-state index in [0.717, 1.165) is 34.4 Å². The summed E-state index contributed by atoms with van der Waals surface area (Å²) in [6, 6.07) is 14.8. The summed E-state index contributed by atoms with van der Waals surface area (Å²) < 4.78 is 10.8. The molecule has 3 aromatic rings. The fourth-order valence-electron chi connectivity index (χ4n) is 8.92. The Morgan fingerprint density at radius 2 is 1.76 bits per heavy atom. The van der Waals surface area contributed by atoms with Gasteiger partial charge in [0.1, 0.15) is 36.8 Å². The summed E-state index contributed by atoms with van der Waals surface area (Å²) in [7, 11) is 0. The van der Waals surface area contributed by atoms with E-state index in [0.29, 0.717) is 43.5 Å². The first kappa shape index (κ1) is 41.0. The van der Waals surface area contributed by atoms with Crippen LogP contribution in [0.4, 0.5) is 5.69 Å². The van der Waals surface area contributed by atoms with Crippen molar-refractivity contribution in [3.8, 4) is 17.2 Å². The zero-order chi connectivity index (χ0) is 41.5. The lowest BCUT2D eigenvalue weighted by Gasteiger charge is -2.44. The molecule has 3 aromatic carbocycles. The maximum Gasteiger partial charge on any atom is 0.355 e. The third-order valence-corrected chi connectivity index (χ3v) is 12.0. The molecular weight excluding hydrogens is 752 g/mol. The molecule has 3 aliphatic heterocycles. The van der Waals surface area contributed by atoms with Crippen molar-refractivity contribution in [2.75, 3.05) is 18.2 Å². The first-order valence-corrected chi connectivity index (χ1v) is 19.3. The Hall–Kier alpha value is -5.20. The molecule has 1 saturated carbocycles. The molecule has 16 nitrogen and oxygen atoms in total. The molecule has 9 unspecified atom stereocenters. The number of aromatic hydroxyl groups is 2. The van der Waals surface area contributed by atoms with E-state index in [1.54, 1.807) is 12.1 Å². The zero-order valence-electron chi connectivity index (χ0n) is 31.8. The van der Waals surface area contributed by atoms with E-state index in [1.165, 1.54) is 24.3 Å². The van der Waals surface area contributed by atoms with Gasteiger partial charge < -0.3 is 56.1 Å². The van der Waals surface area contributed by atoms with Crippen LogP contribution in [0.15, 0.2) is 76.7 Å². The second-order valence-corrected chi connectivity index (χ2v) is 15.3. The Morgan fingerprint density at radius 3 is 2.43 bits per heavy atom. The highest BCUT2D eigenvalue weighted by molar-refractivity contribution is 6.43. The van der Waals surface area contributed by atoms with Crippen molar-refractivity contribution >= 4 is 35.1 Å². The number of fused-ring (bicyclic) bond motifs is 1. The summed E-state index contributed by atoms with van der Waals surface area (Å²) in [5.41, 5.74) is 9.99. The van der Waals surface area contributed by atoms with Gasteiger partial charge in [0, 0.05) is 41.5 Å². The predicted octanol–water partition coefficient (Wildman–Crippen LogP) is 1.84. The lowest BCUT2D eigenvalue weighted by molar-refractivity contribution is -0.422. The minimum atomic E-state index is -3.12. The van der Waals surface area contributed by atoms with Crippen molar-refractivity contribution in [3.63, 3.8) is 0 Å². The number of carboxylic acid groups (broad SMARTS) is 1. The quantitative estimate of drug-likeness (QED) is 0.0936. The van der Waals surface area contributed by atoms with Gasteiger partial charge in [-0.2, -0.15) is 0 Å². The van der Waals surface area contributed by atoms with Crippen molar-refractivity contribution in [2.45, 2.75) is 99.3 Å². The van der Waals surface area contributed by atoms with Crippen molar-refractivity contribution in [3.05, 3.63) is 89.0 Å². The van der Waals surface area contributed by atoms with E-state index in [2.05, 4.69) is 9.98 Å². The van der Waals surface area contributed by atoms with Gasteiger partial charge in [0.2, 0.25) is 0 Å². The van der Waals surface area contributed by atoms with Gasteiger partial charge in [0.05, 0.1) is 23.7 Å². The fourth-order valence-corrected chi connectivity index (χ4v) is 8.92. The Kier molecular flexibility index (Phi) is 11.5. The van der Waals surface area contributed by atoms with E-state index in [1.807, 2.05) is 37.3 Å². The van der Waals surface area contributed by atoms with Gasteiger partial charge in [-0.3, -0.25) is 19.7 Å². The summed E-state index contributed by atoms with van der Waals surface area (Å²) in [6.07, 6.45) is -1.82. The fraction of sp³-hybridized carbons (Fsp3) is 0.429. The van der Waals surface area contributed by atoms with Crippen LogP contribution in [0, 0.1) is 0 Å². The minimum absolute atomic E-state index is 0.000145. The highest BCUT2D eigenvalue weighted by atomic mass is 16.8. The lowest BCUT2D eigenvalue weighted by atomic mass is 9.68. The average Bonchev–Trinajstić information content (AvgIpc) is 3.91. The highest BCUT2D eigenvalue weighted by Crippen LogP contribution is 2.54. The number of hydrogen-bond donors (Lipinski definition) is 9. The van der Waals surface area contributed by atoms with E-state index < -0.39 is 77.7 Å². The number of carbonyl (C=O) groups is 2. The number of carboxylic acids is 1. The average molecular weight is 801 g/mol. The standard InChI is InChI=1S/C42H48N4O12/c1-2-27-28(45-21-44-27)16-23-15-22(10-12-30(23)48)11-13-35(50)46-29-18-32(57-42(56)39(53)38(52)37(51)33(20-47)58-42)31(49)17-25(29)26(36(46)40(54)55)19-41(14-6-9-34(41)43)24-7-4-3-5-8-24/h3-5,7-8,10-13,15,17-18,26,33-34,36-39,47-49,51-53,56H,2,6,9,14,16,19-21,43H2,1H3,(H,54,55). The minimum Gasteiger partial charge on any atom is -0.508 e. The smallest absolute Gasteiger partial charge is 0.355 e. The Balaban J connectivity index is 1.29. The molecule has 1 aliphatic carbocycles. The van der Waals surface area contributed by atoms with Crippen molar-refractivity contribution in [2.24, 2.45) is 15.7 Å². The maximum atomic E-state index is 14.4. The van der Waals surface area contributed by atoms with Gasteiger partial charge in [-0.05, 0) is 66.6 Å². The van der Waals surface area contributed by atoms with Crippen molar-refractivity contribution in [1.29, 1.82) is 0 Å². The normalized spacial score (nSPS) is 30.7. The molecular formula is C42H48N4O12. The van der Waals surface area contributed by atoms with Crippen molar-refractivity contribution in [1.82, 2.24) is 0 Å². The van der Waals surface area contributed by atoms with Gasteiger partial charge in [0.15, 0.2) is 17.6 Å². The molecule has 4 aliphatic rings. The molecule has 16 heteroatoms. The van der Waals surface area contributed by atoms with Crippen LogP contribution in [0.25, 0.3) is 6.08 Å². The lowest BCUT2D eigenvalue weighted by Crippen LogP contribution is -2.67. The number of aliphatic imine (C=N–C) groups is 2. The van der Waals surface area contributed by atoms with Crippen LogP contribution < -0.4 is 15.4 Å². The number of rotatable bonds is 12. The highest BCUT2D eigenvalue weighted by Gasteiger charge is 2.56. The second kappa shape index (κ2) is 16.2. The van der Waals surface area contributed by atoms with Crippen LogP contribution in [0.2, 0.25) is 0 Å². The predicted molar refractivity (Wildman–Crippen MR) is 211 cm³/mol. The number of nitrogens with zero attached hydrogens (tertiary/aromatic N) is 3. The molecule has 7 rings (SSSR count). The van der Waals surface area contributed by atoms with Crippen LogP contribution in [-0.4, -0.2) is 120 Å². The van der Waals surface area contributed by atoms with Crippen LogP contribution in [0.5, 0.6) is 17.2 Å². The number of nitrogens with two attached hydrogens (primary N) is 1. The van der Waals surface area contributed by atoms with Gasteiger partial charge in [0.25, 0.3) is 5.91 Å². The SMILES string of the molecule is CCC1=NCN=C1Cc1cc(C=CC(=O)N2c3cc(OC4(O)OC(CO)C(O)C(O)C4O)c(O)cc3C(CC3(c4ccccc4)CCCC3N)C2C(=O)O)ccc1O. The van der Waals surface area contributed by atoms with E-state index in [9.17, 15) is 50.4 Å².